The largest absolute Gasteiger partial charge is 0.354 e. The first-order valence-corrected chi connectivity index (χ1v) is 11.3. The highest BCUT2D eigenvalue weighted by Crippen LogP contribution is 2.22. The zero-order chi connectivity index (χ0) is 23.9. The van der Waals surface area contributed by atoms with Gasteiger partial charge in [0.2, 0.25) is 0 Å². The lowest BCUT2D eigenvalue weighted by molar-refractivity contribution is 0.0950. The highest BCUT2D eigenvalue weighted by atomic mass is 35.5. The number of nitrogens with zero attached hydrogens (tertiary/aromatic N) is 3. The van der Waals surface area contributed by atoms with E-state index >= 15 is 0 Å². The molecule has 1 amide bonds. The van der Waals surface area contributed by atoms with E-state index < -0.39 is 17.5 Å². The Kier molecular flexibility index (Phi) is 7.82. The second-order valence-electron chi connectivity index (χ2n) is 8.11. The number of carbonyl (C=O) groups excluding carboxylic acids is 1. The third-order valence-electron chi connectivity index (χ3n) is 5.64. The van der Waals surface area contributed by atoms with Gasteiger partial charge in [-0.1, -0.05) is 29.8 Å². The molecule has 6 nitrogen and oxygen atoms in total. The molecule has 0 spiro atoms. The van der Waals surface area contributed by atoms with E-state index in [9.17, 15) is 13.6 Å². The number of hydrogen-bond donors (Lipinski definition) is 2. The van der Waals surface area contributed by atoms with Gasteiger partial charge in [-0.2, -0.15) is 5.10 Å². The van der Waals surface area contributed by atoms with Crippen LogP contribution in [0.5, 0.6) is 0 Å². The molecule has 1 fully saturated rings. The van der Waals surface area contributed by atoms with Gasteiger partial charge in [-0.05, 0) is 67.7 Å². The number of hydrazone groups is 1. The number of halogens is 3. The molecule has 0 bridgehead atoms. The van der Waals surface area contributed by atoms with Crippen LogP contribution in [0.3, 0.4) is 0 Å². The summed E-state index contributed by atoms with van der Waals surface area (Å²) < 4.78 is 26.4. The fourth-order valence-corrected chi connectivity index (χ4v) is 3.92. The number of nitrogens with one attached hydrogen (secondary N) is 2. The Labute approximate surface area is 201 Å². The van der Waals surface area contributed by atoms with Crippen LogP contribution in [0.2, 0.25) is 5.02 Å². The van der Waals surface area contributed by atoms with E-state index in [1.807, 2.05) is 24.3 Å². The van der Waals surface area contributed by atoms with Gasteiger partial charge in [0.1, 0.15) is 5.69 Å². The van der Waals surface area contributed by atoms with Crippen LogP contribution in [0, 0.1) is 17.6 Å². The minimum Gasteiger partial charge on any atom is -0.354 e. The van der Waals surface area contributed by atoms with Crippen LogP contribution in [0.1, 0.15) is 28.9 Å². The molecule has 0 radical (unpaired) electrons. The SMILES string of the molecule is O=C(N/N=C/C1CCN(Cc2ccccc2Cl)CC1)c1ccc(Nc2ccc(F)c(F)c2)cn1. The highest BCUT2D eigenvalue weighted by Gasteiger charge is 2.18. The van der Waals surface area contributed by atoms with Gasteiger partial charge in [0.05, 0.1) is 11.9 Å². The lowest BCUT2D eigenvalue weighted by Crippen LogP contribution is -2.34. The lowest BCUT2D eigenvalue weighted by atomic mass is 9.98. The van der Waals surface area contributed by atoms with Crippen molar-refractivity contribution >= 4 is 35.1 Å². The number of amides is 1. The molecule has 4 rings (SSSR count). The van der Waals surface area contributed by atoms with Crippen molar-refractivity contribution in [1.29, 1.82) is 0 Å². The second-order valence-corrected chi connectivity index (χ2v) is 8.52. The van der Waals surface area contributed by atoms with Crippen LogP contribution in [-0.4, -0.2) is 35.1 Å². The summed E-state index contributed by atoms with van der Waals surface area (Å²) in [5, 5.41) is 7.80. The fraction of sp³-hybridized carbons (Fsp3) is 0.240. The maximum absolute atomic E-state index is 13.3. The summed E-state index contributed by atoms with van der Waals surface area (Å²) in [6.45, 7) is 2.69. The van der Waals surface area contributed by atoms with Gasteiger partial charge in [0.25, 0.3) is 5.91 Å². The number of hydrogen-bond acceptors (Lipinski definition) is 5. The van der Waals surface area contributed by atoms with Gasteiger partial charge in [0, 0.05) is 29.5 Å². The fourth-order valence-electron chi connectivity index (χ4n) is 3.73. The minimum absolute atomic E-state index is 0.197. The van der Waals surface area contributed by atoms with E-state index in [1.165, 1.54) is 18.3 Å². The van der Waals surface area contributed by atoms with E-state index in [2.05, 4.69) is 25.7 Å². The number of carbonyl (C=O) groups is 1. The highest BCUT2D eigenvalue weighted by molar-refractivity contribution is 6.31. The molecule has 2 heterocycles. The maximum Gasteiger partial charge on any atom is 0.289 e. The maximum atomic E-state index is 13.3. The second kappa shape index (κ2) is 11.2. The van der Waals surface area contributed by atoms with E-state index in [1.54, 1.807) is 12.3 Å². The zero-order valence-electron chi connectivity index (χ0n) is 18.3. The van der Waals surface area contributed by atoms with Gasteiger partial charge >= 0.3 is 0 Å². The Morgan fingerprint density at radius 3 is 2.56 bits per heavy atom. The normalized spacial score (nSPS) is 14.9. The van der Waals surface area contributed by atoms with Crippen molar-refractivity contribution in [2.75, 3.05) is 18.4 Å². The molecule has 0 aliphatic carbocycles. The predicted octanol–water partition coefficient (Wildman–Crippen LogP) is 5.38. The van der Waals surface area contributed by atoms with Crippen molar-refractivity contribution in [1.82, 2.24) is 15.3 Å². The van der Waals surface area contributed by atoms with Crippen LogP contribution >= 0.6 is 11.6 Å². The minimum atomic E-state index is -0.946. The molecule has 9 heteroatoms. The third kappa shape index (κ3) is 6.36. The Balaban J connectivity index is 1.22. The van der Waals surface area contributed by atoms with Crippen molar-refractivity contribution < 1.29 is 13.6 Å². The molecule has 1 aliphatic rings. The van der Waals surface area contributed by atoms with Gasteiger partial charge in [-0.15, -0.1) is 0 Å². The lowest BCUT2D eigenvalue weighted by Gasteiger charge is -2.30. The van der Waals surface area contributed by atoms with Crippen molar-refractivity contribution in [2.45, 2.75) is 19.4 Å². The molecule has 1 aromatic heterocycles. The number of anilines is 2. The zero-order valence-corrected chi connectivity index (χ0v) is 19.1. The first-order valence-electron chi connectivity index (χ1n) is 11.0. The number of rotatable bonds is 7. The number of benzene rings is 2. The number of aromatic nitrogens is 1. The molecule has 1 saturated heterocycles. The first-order chi connectivity index (χ1) is 16.5. The molecule has 1 aliphatic heterocycles. The summed E-state index contributed by atoms with van der Waals surface area (Å²) >= 11 is 6.25. The van der Waals surface area contributed by atoms with Crippen molar-refractivity contribution in [3.05, 3.63) is 88.7 Å². The average molecular weight is 484 g/mol. The van der Waals surface area contributed by atoms with Gasteiger partial charge < -0.3 is 5.32 Å². The molecule has 34 heavy (non-hydrogen) atoms. The van der Waals surface area contributed by atoms with Crippen LogP contribution in [0.25, 0.3) is 0 Å². The Hall–Kier alpha value is -3.36. The molecule has 0 atom stereocenters. The third-order valence-corrected chi connectivity index (χ3v) is 6.01. The Morgan fingerprint density at radius 1 is 1.09 bits per heavy atom. The standard InChI is InChI=1S/C25H24ClF2N5O/c26-21-4-2-1-3-18(21)16-33-11-9-17(10-12-33)14-30-32-25(34)24-8-6-20(15-29-24)31-19-5-7-22(27)23(28)13-19/h1-8,13-15,17,31H,9-12,16H2,(H,32,34)/b30-14+. The van der Waals surface area contributed by atoms with Crippen molar-refractivity contribution in [3.8, 4) is 0 Å². The Bertz CT molecular complexity index is 1160. The number of piperidine rings is 1. The molecular formula is C25H24ClF2N5O. The average Bonchev–Trinajstić information content (AvgIpc) is 2.84. The van der Waals surface area contributed by atoms with E-state index in [-0.39, 0.29) is 5.69 Å². The molecule has 3 aromatic rings. The molecule has 0 saturated carbocycles. The predicted molar refractivity (Wildman–Crippen MR) is 129 cm³/mol. The summed E-state index contributed by atoms with van der Waals surface area (Å²) in [5.41, 5.74) is 4.75. The van der Waals surface area contributed by atoms with E-state index in [0.717, 1.165) is 55.2 Å². The van der Waals surface area contributed by atoms with Crippen LogP contribution in [-0.2, 0) is 6.54 Å². The Morgan fingerprint density at radius 2 is 1.85 bits per heavy atom. The smallest absolute Gasteiger partial charge is 0.289 e. The topological polar surface area (TPSA) is 69.6 Å². The number of pyridine rings is 1. The number of likely N-dealkylation sites (tertiary alicyclic amines) is 1. The van der Waals surface area contributed by atoms with Gasteiger partial charge in [0.15, 0.2) is 11.6 Å². The van der Waals surface area contributed by atoms with E-state index in [4.69, 9.17) is 11.6 Å². The summed E-state index contributed by atoms with van der Waals surface area (Å²) in [6, 6.07) is 14.5. The summed E-state index contributed by atoms with van der Waals surface area (Å²) in [4.78, 5) is 18.8. The van der Waals surface area contributed by atoms with E-state index in [0.29, 0.717) is 17.3 Å². The quantitative estimate of drug-likeness (QED) is 0.349. The molecule has 2 aromatic carbocycles. The van der Waals surface area contributed by atoms with Crippen LogP contribution < -0.4 is 10.7 Å². The molecule has 2 N–H and O–H groups in total. The van der Waals surface area contributed by atoms with Crippen LogP contribution in [0.4, 0.5) is 20.2 Å². The molecular weight excluding hydrogens is 460 g/mol. The van der Waals surface area contributed by atoms with Crippen molar-refractivity contribution in [2.24, 2.45) is 11.0 Å². The van der Waals surface area contributed by atoms with Gasteiger partial charge in [-0.3, -0.25) is 9.69 Å². The first kappa shape index (κ1) is 23.8. The van der Waals surface area contributed by atoms with Crippen LogP contribution in [0.15, 0.2) is 65.9 Å². The van der Waals surface area contributed by atoms with Crippen molar-refractivity contribution in [3.63, 3.8) is 0 Å². The van der Waals surface area contributed by atoms with Gasteiger partial charge in [-0.25, -0.2) is 19.2 Å². The summed E-state index contributed by atoms with van der Waals surface area (Å²) in [7, 11) is 0. The monoisotopic (exact) mass is 483 g/mol. The molecule has 176 valence electrons. The summed E-state index contributed by atoms with van der Waals surface area (Å²) in [6.07, 6.45) is 5.12. The molecule has 0 unspecified atom stereocenters. The summed E-state index contributed by atoms with van der Waals surface area (Å²) in [5.74, 6) is -2.00.